The van der Waals surface area contributed by atoms with Crippen LogP contribution in [0.3, 0.4) is 0 Å². The highest BCUT2D eigenvalue weighted by Gasteiger charge is 2.34. The molecule has 0 saturated carbocycles. The molecule has 1 aromatic heterocycles. The third-order valence-electron chi connectivity index (χ3n) is 5.59. The molecule has 13 heteroatoms. The van der Waals surface area contributed by atoms with Gasteiger partial charge in [-0.15, -0.1) is 0 Å². The van der Waals surface area contributed by atoms with Crippen molar-refractivity contribution in [2.24, 2.45) is 0 Å². The van der Waals surface area contributed by atoms with E-state index in [-0.39, 0.29) is 28.8 Å². The fourth-order valence-corrected chi connectivity index (χ4v) is 4.34. The standard InChI is InChI=1S/C26H26BrF4N3O5/c1-25(2,3)39-23(37)32-20(15-7-4-5-10-21(15)35)11-12-34-22(36)18(27)14-33(24(34)38)13-16-17(26(29,30)31)8-6-9-19(16)28/h4-10,14,20,35H,11-13H2,1-3H3,(H,32,37)/t20-/m0/s1. The van der Waals surface area contributed by atoms with E-state index in [4.69, 9.17) is 4.74 Å². The van der Waals surface area contributed by atoms with E-state index in [1.807, 2.05) is 0 Å². The third kappa shape index (κ3) is 7.49. The maximum absolute atomic E-state index is 14.4. The van der Waals surface area contributed by atoms with E-state index in [1.165, 1.54) is 12.1 Å². The molecule has 210 valence electrons. The average Bonchev–Trinajstić information content (AvgIpc) is 2.81. The molecule has 0 aliphatic heterocycles. The molecular formula is C26H26BrF4N3O5. The number of aromatic nitrogens is 2. The maximum atomic E-state index is 14.4. The minimum Gasteiger partial charge on any atom is -0.508 e. The number of nitrogens with zero attached hydrogens (tertiary/aromatic N) is 2. The van der Waals surface area contributed by atoms with Gasteiger partial charge >= 0.3 is 18.0 Å². The summed E-state index contributed by atoms with van der Waals surface area (Å²) in [5.41, 5.74) is -4.33. The summed E-state index contributed by atoms with van der Waals surface area (Å²) in [5.74, 6) is -1.32. The second-order valence-corrected chi connectivity index (χ2v) is 10.5. The Kier molecular flexibility index (Phi) is 8.94. The van der Waals surface area contributed by atoms with Crippen LogP contribution < -0.4 is 16.6 Å². The van der Waals surface area contributed by atoms with Crippen molar-refractivity contribution >= 4 is 22.0 Å². The lowest BCUT2D eigenvalue weighted by Gasteiger charge is -2.24. The van der Waals surface area contributed by atoms with E-state index in [9.17, 15) is 37.1 Å². The van der Waals surface area contributed by atoms with Crippen molar-refractivity contribution in [1.82, 2.24) is 14.5 Å². The fourth-order valence-electron chi connectivity index (χ4n) is 3.88. The summed E-state index contributed by atoms with van der Waals surface area (Å²) in [5, 5.41) is 13.0. The van der Waals surface area contributed by atoms with Crippen LogP contribution in [0.15, 0.2) is 62.7 Å². The summed E-state index contributed by atoms with van der Waals surface area (Å²) in [6, 6.07) is 7.66. The SMILES string of the molecule is CC(C)(C)OC(=O)N[C@@H](CCn1c(=O)c(Br)cn(Cc2c(F)cccc2C(F)(F)F)c1=O)c1ccccc1O. The first-order valence-corrected chi connectivity index (χ1v) is 12.5. The van der Waals surface area contributed by atoms with Crippen molar-refractivity contribution in [3.63, 3.8) is 0 Å². The number of rotatable bonds is 7. The van der Waals surface area contributed by atoms with Crippen molar-refractivity contribution in [2.45, 2.75) is 58.1 Å². The Bertz CT molecular complexity index is 1480. The molecule has 0 aliphatic rings. The number of aromatic hydroxyl groups is 1. The van der Waals surface area contributed by atoms with Gasteiger partial charge in [0.1, 0.15) is 17.2 Å². The highest BCUT2D eigenvalue weighted by Crippen LogP contribution is 2.33. The minimum absolute atomic E-state index is 0.0874. The van der Waals surface area contributed by atoms with E-state index < -0.39 is 58.7 Å². The molecule has 39 heavy (non-hydrogen) atoms. The van der Waals surface area contributed by atoms with Crippen LogP contribution in [-0.4, -0.2) is 25.9 Å². The zero-order chi connectivity index (χ0) is 29.1. The number of hydrogen-bond acceptors (Lipinski definition) is 5. The van der Waals surface area contributed by atoms with E-state index >= 15 is 0 Å². The Labute approximate surface area is 229 Å². The zero-order valence-corrected chi connectivity index (χ0v) is 22.8. The van der Waals surface area contributed by atoms with Crippen LogP contribution in [0.2, 0.25) is 0 Å². The average molecular weight is 616 g/mol. The van der Waals surface area contributed by atoms with Crippen LogP contribution in [0.5, 0.6) is 5.75 Å². The third-order valence-corrected chi connectivity index (χ3v) is 6.14. The predicted octanol–water partition coefficient (Wildman–Crippen LogP) is 5.34. The molecule has 1 amide bonds. The van der Waals surface area contributed by atoms with E-state index in [0.29, 0.717) is 6.07 Å². The topological polar surface area (TPSA) is 103 Å². The van der Waals surface area contributed by atoms with Gasteiger partial charge in [0.15, 0.2) is 0 Å². The van der Waals surface area contributed by atoms with Crippen molar-refractivity contribution < 1.29 is 32.2 Å². The largest absolute Gasteiger partial charge is 0.508 e. The summed E-state index contributed by atoms with van der Waals surface area (Å²) in [6.45, 7) is 3.87. The van der Waals surface area contributed by atoms with Gasteiger partial charge < -0.3 is 15.2 Å². The number of amides is 1. The quantitative estimate of drug-likeness (QED) is 0.349. The van der Waals surface area contributed by atoms with Crippen LogP contribution in [0.4, 0.5) is 22.4 Å². The number of phenols is 1. The number of alkyl halides is 3. The number of phenolic OH excluding ortho intramolecular Hbond substituents is 1. The van der Waals surface area contributed by atoms with Crippen molar-refractivity contribution in [1.29, 1.82) is 0 Å². The molecule has 1 atom stereocenters. The maximum Gasteiger partial charge on any atom is 0.416 e. The second kappa shape index (κ2) is 11.6. The molecule has 0 bridgehead atoms. The molecule has 0 radical (unpaired) electrons. The first-order valence-electron chi connectivity index (χ1n) is 11.7. The minimum atomic E-state index is -4.87. The van der Waals surface area contributed by atoms with Crippen LogP contribution in [0.1, 0.15) is 49.9 Å². The molecule has 0 unspecified atom stereocenters. The van der Waals surface area contributed by atoms with Crippen LogP contribution in [0.25, 0.3) is 0 Å². The molecule has 0 aliphatic carbocycles. The predicted molar refractivity (Wildman–Crippen MR) is 138 cm³/mol. The summed E-state index contributed by atoms with van der Waals surface area (Å²) in [7, 11) is 0. The molecule has 0 fully saturated rings. The number of ether oxygens (including phenoxy) is 1. The normalized spacial score (nSPS) is 12.7. The number of para-hydroxylation sites is 1. The number of hydrogen-bond donors (Lipinski definition) is 2. The Morgan fingerprint density at radius 1 is 1.10 bits per heavy atom. The number of halogens is 5. The van der Waals surface area contributed by atoms with Crippen LogP contribution in [0, 0.1) is 5.82 Å². The monoisotopic (exact) mass is 615 g/mol. The summed E-state index contributed by atoms with van der Waals surface area (Å²) >= 11 is 3.02. The smallest absolute Gasteiger partial charge is 0.416 e. The van der Waals surface area contributed by atoms with Gasteiger partial charge in [0.25, 0.3) is 5.56 Å². The number of alkyl carbamates (subject to hydrolysis) is 1. The number of benzene rings is 2. The fraction of sp³-hybridized carbons (Fsp3) is 0.346. The number of carbonyl (C=O) groups is 1. The summed E-state index contributed by atoms with van der Waals surface area (Å²) in [6.07, 6.45) is -4.78. The van der Waals surface area contributed by atoms with Gasteiger partial charge in [0.05, 0.1) is 22.6 Å². The molecule has 1 heterocycles. The summed E-state index contributed by atoms with van der Waals surface area (Å²) < 4.78 is 61.5. The number of carbonyl (C=O) groups excluding carboxylic acids is 1. The Morgan fingerprint density at radius 3 is 2.38 bits per heavy atom. The van der Waals surface area contributed by atoms with Crippen LogP contribution >= 0.6 is 15.9 Å². The molecular weight excluding hydrogens is 590 g/mol. The van der Waals surface area contributed by atoms with Gasteiger partial charge in [-0.25, -0.2) is 14.0 Å². The first-order chi connectivity index (χ1) is 18.1. The van der Waals surface area contributed by atoms with Crippen molar-refractivity contribution in [2.75, 3.05) is 0 Å². The lowest BCUT2D eigenvalue weighted by molar-refractivity contribution is -0.138. The van der Waals surface area contributed by atoms with Crippen molar-refractivity contribution in [3.8, 4) is 5.75 Å². The zero-order valence-electron chi connectivity index (χ0n) is 21.2. The molecule has 8 nitrogen and oxygen atoms in total. The molecule has 0 spiro atoms. The van der Waals surface area contributed by atoms with Gasteiger partial charge in [0.2, 0.25) is 0 Å². The van der Waals surface area contributed by atoms with Gasteiger partial charge in [-0.05, 0) is 61.3 Å². The highest BCUT2D eigenvalue weighted by molar-refractivity contribution is 9.10. The Balaban J connectivity index is 1.98. The van der Waals surface area contributed by atoms with Crippen LogP contribution in [-0.2, 0) is 24.0 Å². The first kappa shape index (κ1) is 29.9. The molecule has 2 aromatic carbocycles. The number of nitrogens with one attached hydrogen (secondary N) is 1. The Hall–Kier alpha value is -3.61. The molecule has 2 N–H and O–H groups in total. The Morgan fingerprint density at radius 2 is 1.77 bits per heavy atom. The van der Waals surface area contributed by atoms with Gasteiger partial charge in [-0.3, -0.25) is 13.9 Å². The van der Waals surface area contributed by atoms with E-state index in [0.717, 1.165) is 27.5 Å². The van der Waals surface area contributed by atoms with E-state index in [2.05, 4.69) is 21.2 Å². The lowest BCUT2D eigenvalue weighted by Crippen LogP contribution is -2.41. The van der Waals surface area contributed by atoms with Gasteiger partial charge in [-0.1, -0.05) is 24.3 Å². The molecule has 0 saturated heterocycles. The van der Waals surface area contributed by atoms with E-state index in [1.54, 1.807) is 32.9 Å². The van der Waals surface area contributed by atoms with Gasteiger partial charge in [0, 0.05) is 23.9 Å². The van der Waals surface area contributed by atoms with Crippen molar-refractivity contribution in [3.05, 3.63) is 96.5 Å². The lowest BCUT2D eigenvalue weighted by atomic mass is 10.0. The summed E-state index contributed by atoms with van der Waals surface area (Å²) in [4.78, 5) is 38.5. The van der Waals surface area contributed by atoms with Gasteiger partial charge in [-0.2, -0.15) is 13.2 Å². The molecule has 3 rings (SSSR count). The highest BCUT2D eigenvalue weighted by atomic mass is 79.9. The molecule has 3 aromatic rings. The second-order valence-electron chi connectivity index (χ2n) is 9.65.